The van der Waals surface area contributed by atoms with Crippen LogP contribution in [0.25, 0.3) is 0 Å². The molecule has 0 unspecified atom stereocenters. The van der Waals surface area contributed by atoms with Gasteiger partial charge in [0.1, 0.15) is 0 Å². The predicted molar refractivity (Wildman–Crippen MR) is 75.0 cm³/mol. The lowest BCUT2D eigenvalue weighted by Gasteiger charge is -2.04. The summed E-state index contributed by atoms with van der Waals surface area (Å²) in [7, 11) is -2.81. The maximum Gasteiger partial charge on any atom is 0.150 e. The fourth-order valence-electron chi connectivity index (χ4n) is 1.47. The van der Waals surface area contributed by atoms with Crippen LogP contribution in [0.1, 0.15) is 40.0 Å². The Bertz CT molecular complexity index is 295. The van der Waals surface area contributed by atoms with Crippen molar-refractivity contribution in [1.82, 2.24) is 5.32 Å². The second kappa shape index (κ2) is 9.66. The highest BCUT2D eigenvalue weighted by Gasteiger charge is 2.06. The van der Waals surface area contributed by atoms with Gasteiger partial charge in [0.25, 0.3) is 0 Å². The van der Waals surface area contributed by atoms with Crippen LogP contribution in [0, 0.1) is 5.92 Å². The van der Waals surface area contributed by atoms with Crippen molar-refractivity contribution in [3.8, 4) is 0 Å². The first-order chi connectivity index (χ1) is 7.98. The summed E-state index contributed by atoms with van der Waals surface area (Å²) in [5.74, 6) is 1.28. The van der Waals surface area contributed by atoms with Crippen LogP contribution in [0.3, 0.4) is 0 Å². The first-order valence-corrected chi connectivity index (χ1v) is 8.36. The standard InChI is InChI=1S/C13H27NO2S/c1-4-10-17(15,16)11-8-6-5-7-9-14-12-13(2)3/h5-6,13-14H,4,7-12H2,1-3H3/b6-5+. The van der Waals surface area contributed by atoms with Gasteiger partial charge in [-0.15, -0.1) is 0 Å². The normalized spacial score (nSPS) is 12.7. The van der Waals surface area contributed by atoms with Crippen LogP contribution in [-0.2, 0) is 9.84 Å². The molecule has 17 heavy (non-hydrogen) atoms. The average Bonchev–Trinajstić information content (AvgIpc) is 2.21. The summed E-state index contributed by atoms with van der Waals surface area (Å²) in [4.78, 5) is 0. The molecule has 0 atom stereocenters. The molecule has 0 heterocycles. The van der Waals surface area contributed by atoms with Gasteiger partial charge in [-0.25, -0.2) is 8.42 Å². The smallest absolute Gasteiger partial charge is 0.150 e. The molecule has 0 aliphatic carbocycles. The molecule has 0 aromatic carbocycles. The van der Waals surface area contributed by atoms with E-state index in [1.807, 2.05) is 13.0 Å². The zero-order valence-corrected chi connectivity index (χ0v) is 12.2. The van der Waals surface area contributed by atoms with Gasteiger partial charge in [0.2, 0.25) is 0 Å². The van der Waals surface area contributed by atoms with Crippen LogP contribution >= 0.6 is 0 Å². The third-order valence-corrected chi connectivity index (χ3v) is 4.21. The van der Waals surface area contributed by atoms with Crippen molar-refractivity contribution in [3.63, 3.8) is 0 Å². The summed E-state index contributed by atoms with van der Waals surface area (Å²) in [6.45, 7) is 8.27. The molecular formula is C13H27NO2S. The van der Waals surface area contributed by atoms with Gasteiger partial charge in [-0.3, -0.25) is 0 Å². The van der Waals surface area contributed by atoms with Crippen molar-refractivity contribution < 1.29 is 8.42 Å². The van der Waals surface area contributed by atoms with E-state index >= 15 is 0 Å². The fraction of sp³-hybridized carbons (Fsp3) is 0.846. The fourth-order valence-corrected chi connectivity index (χ4v) is 2.79. The van der Waals surface area contributed by atoms with Crippen LogP contribution in [0.5, 0.6) is 0 Å². The molecule has 0 bridgehead atoms. The largest absolute Gasteiger partial charge is 0.316 e. The Balaban J connectivity index is 3.49. The van der Waals surface area contributed by atoms with E-state index in [-0.39, 0.29) is 5.75 Å². The average molecular weight is 261 g/mol. The monoisotopic (exact) mass is 261 g/mol. The molecule has 0 saturated heterocycles. The van der Waals surface area contributed by atoms with E-state index in [9.17, 15) is 8.42 Å². The zero-order chi connectivity index (χ0) is 13.1. The van der Waals surface area contributed by atoms with E-state index in [2.05, 4.69) is 25.2 Å². The SMILES string of the molecule is CCCS(=O)(=O)CC/C=C/CCNCC(C)C. The molecule has 0 rings (SSSR count). The van der Waals surface area contributed by atoms with Crippen LogP contribution in [0.4, 0.5) is 0 Å². The van der Waals surface area contributed by atoms with Crippen LogP contribution in [-0.4, -0.2) is 33.0 Å². The van der Waals surface area contributed by atoms with Crippen molar-refractivity contribution in [2.24, 2.45) is 5.92 Å². The number of sulfone groups is 1. The molecular weight excluding hydrogens is 234 g/mol. The third kappa shape index (κ3) is 11.9. The lowest BCUT2D eigenvalue weighted by molar-refractivity contribution is 0.556. The summed E-state index contributed by atoms with van der Waals surface area (Å²) in [6, 6.07) is 0. The molecule has 0 aliphatic heterocycles. The van der Waals surface area contributed by atoms with E-state index < -0.39 is 9.84 Å². The minimum Gasteiger partial charge on any atom is -0.316 e. The number of rotatable bonds is 10. The highest BCUT2D eigenvalue weighted by molar-refractivity contribution is 7.91. The molecule has 0 radical (unpaired) electrons. The Morgan fingerprint density at radius 3 is 2.35 bits per heavy atom. The molecule has 1 N–H and O–H groups in total. The number of nitrogens with one attached hydrogen (secondary N) is 1. The lowest BCUT2D eigenvalue weighted by atomic mass is 10.2. The van der Waals surface area contributed by atoms with E-state index in [1.54, 1.807) is 0 Å². The summed E-state index contributed by atoms with van der Waals surface area (Å²) in [6.07, 6.45) is 6.37. The molecule has 0 fully saturated rings. The predicted octanol–water partition coefficient (Wildman–Crippen LogP) is 2.39. The maximum absolute atomic E-state index is 11.4. The minimum atomic E-state index is -2.81. The van der Waals surface area contributed by atoms with Gasteiger partial charge in [-0.1, -0.05) is 32.9 Å². The third-order valence-electron chi connectivity index (χ3n) is 2.32. The Morgan fingerprint density at radius 1 is 1.12 bits per heavy atom. The summed E-state index contributed by atoms with van der Waals surface area (Å²) < 4.78 is 22.8. The van der Waals surface area contributed by atoms with Gasteiger partial charge in [-0.05, 0) is 38.3 Å². The van der Waals surface area contributed by atoms with Gasteiger partial charge in [0, 0.05) is 5.75 Å². The minimum absolute atomic E-state index is 0.288. The van der Waals surface area contributed by atoms with Gasteiger partial charge >= 0.3 is 0 Å². The number of hydrogen-bond donors (Lipinski definition) is 1. The molecule has 0 aliphatic rings. The van der Waals surface area contributed by atoms with E-state index in [0.717, 1.165) is 19.5 Å². The second-order valence-corrected chi connectivity index (χ2v) is 7.10. The van der Waals surface area contributed by atoms with Gasteiger partial charge in [0.05, 0.1) is 5.75 Å². The highest BCUT2D eigenvalue weighted by atomic mass is 32.2. The van der Waals surface area contributed by atoms with E-state index in [1.165, 1.54) is 0 Å². The number of allylic oxidation sites excluding steroid dienone is 1. The Hall–Kier alpha value is -0.350. The van der Waals surface area contributed by atoms with Gasteiger partial charge < -0.3 is 5.32 Å². The van der Waals surface area contributed by atoms with Crippen molar-refractivity contribution in [1.29, 1.82) is 0 Å². The second-order valence-electron chi connectivity index (χ2n) is 4.80. The first kappa shape index (κ1) is 16.6. The van der Waals surface area contributed by atoms with Crippen LogP contribution in [0.2, 0.25) is 0 Å². The van der Waals surface area contributed by atoms with Crippen molar-refractivity contribution in [2.45, 2.75) is 40.0 Å². The van der Waals surface area contributed by atoms with Gasteiger partial charge in [-0.2, -0.15) is 0 Å². The first-order valence-electron chi connectivity index (χ1n) is 6.54. The van der Waals surface area contributed by atoms with E-state index in [0.29, 0.717) is 24.5 Å². The van der Waals surface area contributed by atoms with Crippen LogP contribution < -0.4 is 5.32 Å². The molecule has 0 amide bonds. The molecule has 4 heteroatoms. The lowest BCUT2D eigenvalue weighted by Crippen LogP contribution is -2.20. The molecule has 0 saturated carbocycles. The Kier molecular flexibility index (Phi) is 9.46. The number of hydrogen-bond acceptors (Lipinski definition) is 3. The zero-order valence-electron chi connectivity index (χ0n) is 11.4. The molecule has 102 valence electrons. The quantitative estimate of drug-likeness (QED) is 0.485. The molecule has 0 aromatic heterocycles. The van der Waals surface area contributed by atoms with Crippen LogP contribution in [0.15, 0.2) is 12.2 Å². The summed E-state index contributed by atoms with van der Waals surface area (Å²) in [5.41, 5.74) is 0. The topological polar surface area (TPSA) is 46.2 Å². The Labute approximate surface area is 107 Å². The molecule has 3 nitrogen and oxygen atoms in total. The van der Waals surface area contributed by atoms with E-state index in [4.69, 9.17) is 0 Å². The van der Waals surface area contributed by atoms with Crippen molar-refractivity contribution >= 4 is 9.84 Å². The Morgan fingerprint density at radius 2 is 1.76 bits per heavy atom. The highest BCUT2D eigenvalue weighted by Crippen LogP contribution is 1.98. The summed E-state index contributed by atoms with van der Waals surface area (Å²) in [5, 5.41) is 3.34. The van der Waals surface area contributed by atoms with Crippen molar-refractivity contribution in [3.05, 3.63) is 12.2 Å². The summed E-state index contributed by atoms with van der Waals surface area (Å²) >= 11 is 0. The molecule has 0 spiro atoms. The molecule has 0 aromatic rings. The van der Waals surface area contributed by atoms with Gasteiger partial charge in [0.15, 0.2) is 9.84 Å². The maximum atomic E-state index is 11.4. The van der Waals surface area contributed by atoms with Crippen molar-refractivity contribution in [2.75, 3.05) is 24.6 Å².